The van der Waals surface area contributed by atoms with Crippen molar-refractivity contribution < 1.29 is 5.11 Å². The zero-order chi connectivity index (χ0) is 13.1. The Bertz CT molecular complexity index is 430. The van der Waals surface area contributed by atoms with Crippen molar-refractivity contribution in [1.29, 1.82) is 0 Å². The maximum atomic E-state index is 12.2. The van der Waals surface area contributed by atoms with E-state index in [9.17, 15) is 4.79 Å². The van der Waals surface area contributed by atoms with E-state index in [4.69, 9.17) is 10.8 Å². The summed E-state index contributed by atoms with van der Waals surface area (Å²) in [4.78, 5) is 12.2. The Hall–Kier alpha value is -1.13. The number of hydrogen-bond acceptors (Lipinski definition) is 3. The highest BCUT2D eigenvalue weighted by Crippen LogP contribution is 2.21. The Labute approximate surface area is 102 Å². The van der Waals surface area contributed by atoms with Crippen molar-refractivity contribution in [3.05, 3.63) is 33.7 Å². The third-order valence-corrected chi connectivity index (χ3v) is 2.78. The van der Waals surface area contributed by atoms with E-state index in [2.05, 4.69) is 20.8 Å². The standard InChI is InChI=1S/C13H22N2O2/c1-13(2,3)11-6-5-10(9-14)12(17)15(11)7-4-8-16/h5-6,16H,4,7-9,14H2,1-3H3. The first-order valence-corrected chi connectivity index (χ1v) is 5.96. The Kier molecular flexibility index (Phi) is 4.48. The van der Waals surface area contributed by atoms with Crippen molar-refractivity contribution in [2.24, 2.45) is 5.73 Å². The van der Waals surface area contributed by atoms with Crippen LogP contribution in [0.15, 0.2) is 16.9 Å². The van der Waals surface area contributed by atoms with Gasteiger partial charge in [-0.3, -0.25) is 4.79 Å². The van der Waals surface area contributed by atoms with Crippen LogP contribution in [0.25, 0.3) is 0 Å². The normalized spacial score (nSPS) is 11.8. The van der Waals surface area contributed by atoms with Gasteiger partial charge in [0.05, 0.1) is 0 Å². The van der Waals surface area contributed by atoms with Gasteiger partial charge in [0, 0.05) is 36.4 Å². The summed E-state index contributed by atoms with van der Waals surface area (Å²) in [5.41, 5.74) is 7.02. The average Bonchev–Trinajstić information content (AvgIpc) is 2.25. The third-order valence-electron chi connectivity index (χ3n) is 2.78. The van der Waals surface area contributed by atoms with Crippen molar-refractivity contribution in [3.63, 3.8) is 0 Å². The van der Waals surface area contributed by atoms with E-state index in [1.807, 2.05) is 6.07 Å². The van der Waals surface area contributed by atoms with Gasteiger partial charge in [-0.25, -0.2) is 0 Å². The molecule has 0 spiro atoms. The summed E-state index contributed by atoms with van der Waals surface area (Å²) in [5, 5.41) is 8.90. The van der Waals surface area contributed by atoms with Gasteiger partial charge in [0.1, 0.15) is 0 Å². The number of aromatic nitrogens is 1. The summed E-state index contributed by atoms with van der Waals surface area (Å²) in [6.45, 7) is 7.08. The fraction of sp³-hybridized carbons (Fsp3) is 0.615. The number of hydrogen-bond donors (Lipinski definition) is 2. The number of aliphatic hydroxyl groups is 1. The maximum absolute atomic E-state index is 12.2. The van der Waals surface area contributed by atoms with Crippen LogP contribution in [0, 0.1) is 0 Å². The van der Waals surface area contributed by atoms with Crippen LogP contribution in [0.5, 0.6) is 0 Å². The van der Waals surface area contributed by atoms with Crippen molar-refractivity contribution in [2.45, 2.75) is 45.7 Å². The summed E-state index contributed by atoms with van der Waals surface area (Å²) >= 11 is 0. The summed E-state index contributed by atoms with van der Waals surface area (Å²) in [6.07, 6.45) is 0.580. The molecule has 96 valence electrons. The SMILES string of the molecule is CC(C)(C)c1ccc(CN)c(=O)n1CCCO. The van der Waals surface area contributed by atoms with E-state index in [-0.39, 0.29) is 24.1 Å². The van der Waals surface area contributed by atoms with Crippen LogP contribution in [0.2, 0.25) is 0 Å². The van der Waals surface area contributed by atoms with Crippen molar-refractivity contribution in [2.75, 3.05) is 6.61 Å². The molecule has 4 heteroatoms. The molecule has 17 heavy (non-hydrogen) atoms. The van der Waals surface area contributed by atoms with Crippen LogP contribution in [-0.2, 0) is 18.5 Å². The monoisotopic (exact) mass is 238 g/mol. The molecule has 4 nitrogen and oxygen atoms in total. The number of nitrogens with zero attached hydrogens (tertiary/aromatic N) is 1. The lowest BCUT2D eigenvalue weighted by Crippen LogP contribution is -2.32. The zero-order valence-electron chi connectivity index (χ0n) is 10.9. The van der Waals surface area contributed by atoms with Gasteiger partial charge in [0.2, 0.25) is 0 Å². The summed E-state index contributed by atoms with van der Waals surface area (Å²) in [5.74, 6) is 0. The first kappa shape index (κ1) is 13.9. The molecular weight excluding hydrogens is 216 g/mol. The number of aliphatic hydroxyl groups excluding tert-OH is 1. The molecule has 0 atom stereocenters. The summed E-state index contributed by atoms with van der Waals surface area (Å²) in [7, 11) is 0. The van der Waals surface area contributed by atoms with Gasteiger partial charge in [-0.1, -0.05) is 26.8 Å². The number of pyridine rings is 1. The Morgan fingerprint density at radius 3 is 2.47 bits per heavy atom. The molecule has 0 saturated heterocycles. The molecule has 0 aliphatic rings. The molecule has 0 fully saturated rings. The minimum absolute atomic E-state index is 0.0339. The molecule has 0 radical (unpaired) electrons. The maximum Gasteiger partial charge on any atom is 0.255 e. The van der Waals surface area contributed by atoms with Gasteiger partial charge < -0.3 is 15.4 Å². The summed E-state index contributed by atoms with van der Waals surface area (Å²) in [6, 6.07) is 3.76. The predicted molar refractivity (Wildman–Crippen MR) is 69.0 cm³/mol. The second kappa shape index (κ2) is 5.47. The molecule has 3 N–H and O–H groups in total. The number of rotatable bonds is 4. The minimum Gasteiger partial charge on any atom is -0.396 e. The second-order valence-corrected chi connectivity index (χ2v) is 5.23. The highest BCUT2D eigenvalue weighted by atomic mass is 16.3. The molecule has 1 rings (SSSR count). The van der Waals surface area contributed by atoms with Gasteiger partial charge in [-0.15, -0.1) is 0 Å². The molecule has 0 unspecified atom stereocenters. The highest BCUT2D eigenvalue weighted by molar-refractivity contribution is 5.21. The zero-order valence-corrected chi connectivity index (χ0v) is 10.9. The van der Waals surface area contributed by atoms with Crippen molar-refractivity contribution in [3.8, 4) is 0 Å². The van der Waals surface area contributed by atoms with Crippen LogP contribution in [0.1, 0.15) is 38.4 Å². The van der Waals surface area contributed by atoms with E-state index in [1.165, 1.54) is 0 Å². The van der Waals surface area contributed by atoms with E-state index in [0.717, 1.165) is 5.69 Å². The lowest BCUT2D eigenvalue weighted by Gasteiger charge is -2.24. The Morgan fingerprint density at radius 1 is 1.35 bits per heavy atom. The first-order chi connectivity index (χ1) is 7.91. The topological polar surface area (TPSA) is 68.2 Å². The molecule has 0 bridgehead atoms. The molecule has 1 aromatic heterocycles. The van der Waals surface area contributed by atoms with E-state index in [0.29, 0.717) is 18.5 Å². The van der Waals surface area contributed by atoms with Gasteiger partial charge in [0.15, 0.2) is 0 Å². The van der Waals surface area contributed by atoms with E-state index < -0.39 is 0 Å². The van der Waals surface area contributed by atoms with Crippen LogP contribution >= 0.6 is 0 Å². The lowest BCUT2D eigenvalue weighted by atomic mass is 9.90. The van der Waals surface area contributed by atoms with Crippen LogP contribution in [0.3, 0.4) is 0 Å². The molecule has 1 aromatic rings. The second-order valence-electron chi connectivity index (χ2n) is 5.23. The fourth-order valence-electron chi connectivity index (χ4n) is 1.88. The Morgan fingerprint density at radius 2 is 2.00 bits per heavy atom. The van der Waals surface area contributed by atoms with Crippen LogP contribution < -0.4 is 11.3 Å². The molecule has 0 amide bonds. The molecule has 0 aromatic carbocycles. The highest BCUT2D eigenvalue weighted by Gasteiger charge is 2.19. The molecule has 1 heterocycles. The van der Waals surface area contributed by atoms with Gasteiger partial charge in [0.25, 0.3) is 5.56 Å². The van der Waals surface area contributed by atoms with Gasteiger partial charge in [-0.05, 0) is 12.5 Å². The average molecular weight is 238 g/mol. The largest absolute Gasteiger partial charge is 0.396 e. The van der Waals surface area contributed by atoms with E-state index >= 15 is 0 Å². The van der Waals surface area contributed by atoms with Crippen LogP contribution in [-0.4, -0.2) is 16.3 Å². The van der Waals surface area contributed by atoms with Crippen molar-refractivity contribution in [1.82, 2.24) is 4.57 Å². The van der Waals surface area contributed by atoms with Gasteiger partial charge >= 0.3 is 0 Å². The number of nitrogens with two attached hydrogens (primary N) is 1. The molecular formula is C13H22N2O2. The predicted octanol–water partition coefficient (Wildman–Crippen LogP) is 0.987. The molecule has 0 aliphatic heterocycles. The van der Waals surface area contributed by atoms with Gasteiger partial charge in [-0.2, -0.15) is 0 Å². The third kappa shape index (κ3) is 3.17. The lowest BCUT2D eigenvalue weighted by molar-refractivity contribution is 0.276. The Balaban J connectivity index is 3.31. The summed E-state index contributed by atoms with van der Waals surface area (Å²) < 4.78 is 1.73. The van der Waals surface area contributed by atoms with E-state index in [1.54, 1.807) is 10.6 Å². The quantitative estimate of drug-likeness (QED) is 0.822. The smallest absolute Gasteiger partial charge is 0.255 e. The van der Waals surface area contributed by atoms with Crippen LogP contribution in [0.4, 0.5) is 0 Å². The van der Waals surface area contributed by atoms with Crippen molar-refractivity contribution >= 4 is 0 Å². The fourth-order valence-corrected chi connectivity index (χ4v) is 1.88. The first-order valence-electron chi connectivity index (χ1n) is 5.96. The molecule has 0 aliphatic carbocycles. The minimum atomic E-state index is -0.0955. The molecule has 0 saturated carbocycles.